The van der Waals surface area contributed by atoms with Crippen molar-refractivity contribution in [1.82, 2.24) is 0 Å². The van der Waals surface area contributed by atoms with Crippen LogP contribution in [0.5, 0.6) is 0 Å². The summed E-state index contributed by atoms with van der Waals surface area (Å²) in [5.41, 5.74) is 0. The molecule has 49 valence electrons. The average molecular weight is 154 g/mol. The van der Waals surface area contributed by atoms with Gasteiger partial charge in [0, 0.05) is 23.7 Å². The molecule has 0 aromatic carbocycles. The molecule has 0 aromatic rings. The first-order chi connectivity index (χ1) is 2.77. The van der Waals surface area contributed by atoms with E-state index >= 15 is 0 Å². The van der Waals surface area contributed by atoms with Crippen LogP contribution in [0.4, 0.5) is 0 Å². The summed E-state index contributed by atoms with van der Waals surface area (Å²) in [6, 6.07) is 0. The van der Waals surface area contributed by atoms with Crippen molar-refractivity contribution in [1.29, 1.82) is 0 Å². The van der Waals surface area contributed by atoms with Gasteiger partial charge in [0.15, 0.2) is 0 Å². The Balaban J connectivity index is 0. The predicted octanol–water partition coefficient (Wildman–Crippen LogP) is -0.253. The van der Waals surface area contributed by atoms with Crippen molar-refractivity contribution in [3.8, 4) is 0 Å². The molecule has 2 nitrogen and oxygen atoms in total. The van der Waals surface area contributed by atoms with Crippen LogP contribution in [0.1, 0.15) is 13.3 Å². The van der Waals surface area contributed by atoms with Crippen LogP contribution in [0.2, 0.25) is 0 Å². The maximum atomic E-state index is 8.39. The minimum Gasteiger partial charge on any atom is -0.396 e. The zero-order chi connectivity index (χ0) is 4.99. The van der Waals surface area contributed by atoms with E-state index < -0.39 is 0 Å². The van der Waals surface area contributed by atoms with Crippen LogP contribution < -0.4 is 0 Å². The maximum absolute atomic E-state index is 8.39. The molecule has 0 bridgehead atoms. The molecule has 0 saturated heterocycles. The fourth-order valence-corrected chi connectivity index (χ4v) is 0.187. The molecule has 0 fully saturated rings. The van der Waals surface area contributed by atoms with E-state index in [2.05, 4.69) is 0 Å². The first-order valence-electron chi connectivity index (χ1n) is 2.06. The molecule has 2 N–H and O–H groups in total. The first kappa shape index (κ1) is 10.4. The van der Waals surface area contributed by atoms with E-state index in [4.69, 9.17) is 10.2 Å². The maximum Gasteiger partial charge on any atom is 0.0533 e. The topological polar surface area (TPSA) is 40.5 Å². The standard InChI is InChI=1S/C4H10O2.Cu/c1-4(6)2-3-5;/h4-6H,2-3H2,1H3;. The van der Waals surface area contributed by atoms with Gasteiger partial charge in [-0.25, -0.2) is 0 Å². The van der Waals surface area contributed by atoms with E-state index in [0.717, 1.165) is 0 Å². The number of hydrogen-bond acceptors (Lipinski definition) is 2. The summed E-state index contributed by atoms with van der Waals surface area (Å²) in [4.78, 5) is 0. The molecule has 0 heterocycles. The Morgan fingerprint density at radius 3 is 2.00 bits per heavy atom. The second kappa shape index (κ2) is 6.44. The van der Waals surface area contributed by atoms with Crippen molar-refractivity contribution in [3.05, 3.63) is 0 Å². The van der Waals surface area contributed by atoms with Gasteiger partial charge in [0.1, 0.15) is 0 Å². The van der Waals surface area contributed by atoms with Crippen LogP contribution in [0, 0.1) is 0 Å². The first-order valence-corrected chi connectivity index (χ1v) is 2.06. The van der Waals surface area contributed by atoms with Gasteiger partial charge in [-0.1, -0.05) is 0 Å². The van der Waals surface area contributed by atoms with Crippen molar-refractivity contribution in [2.24, 2.45) is 0 Å². The van der Waals surface area contributed by atoms with Gasteiger partial charge in [0.05, 0.1) is 6.10 Å². The summed E-state index contributed by atoms with van der Waals surface area (Å²) in [6.45, 7) is 1.73. The van der Waals surface area contributed by atoms with Crippen LogP contribution in [0.15, 0.2) is 0 Å². The Morgan fingerprint density at radius 2 is 2.00 bits per heavy atom. The molecule has 1 atom stereocenters. The molecule has 0 aliphatic carbocycles. The van der Waals surface area contributed by atoms with Crippen LogP contribution in [0.25, 0.3) is 0 Å². The van der Waals surface area contributed by atoms with E-state index in [-0.39, 0.29) is 29.8 Å². The largest absolute Gasteiger partial charge is 0.396 e. The molecule has 0 amide bonds. The third-order valence-corrected chi connectivity index (χ3v) is 0.547. The van der Waals surface area contributed by atoms with Crippen molar-refractivity contribution < 1.29 is 27.3 Å². The van der Waals surface area contributed by atoms with Gasteiger partial charge in [-0.05, 0) is 13.3 Å². The van der Waals surface area contributed by atoms with Gasteiger partial charge in [-0.15, -0.1) is 0 Å². The summed E-state index contributed by atoms with van der Waals surface area (Å²) in [6.07, 6.45) is 0.134. The molecule has 0 aromatic heterocycles. The molecule has 7 heavy (non-hydrogen) atoms. The molecule has 0 rings (SSSR count). The number of rotatable bonds is 2. The third-order valence-electron chi connectivity index (χ3n) is 0.547. The SMILES string of the molecule is CC(O)CCO.[Cu]. The second-order valence-corrected chi connectivity index (χ2v) is 1.36. The zero-order valence-corrected chi connectivity index (χ0v) is 5.13. The Hall–Kier alpha value is 0.439. The molecule has 0 spiro atoms. The number of aliphatic hydroxyl groups excluding tert-OH is 2. The molecule has 1 radical (unpaired) electrons. The van der Waals surface area contributed by atoms with Gasteiger partial charge >= 0.3 is 0 Å². The van der Waals surface area contributed by atoms with E-state index in [9.17, 15) is 0 Å². The third kappa shape index (κ3) is 10.7. The van der Waals surface area contributed by atoms with Crippen molar-refractivity contribution in [2.45, 2.75) is 19.4 Å². The Kier molecular flexibility index (Phi) is 9.59. The molecule has 0 aliphatic heterocycles. The summed E-state index contributed by atoms with van der Waals surface area (Å²) < 4.78 is 0. The average Bonchev–Trinajstić information content (AvgIpc) is 1.35. The van der Waals surface area contributed by atoms with Crippen molar-refractivity contribution in [3.63, 3.8) is 0 Å². The normalized spacial score (nSPS) is 12.4. The Labute approximate surface area is 54.0 Å². The van der Waals surface area contributed by atoms with Gasteiger partial charge in [-0.2, -0.15) is 0 Å². The quantitative estimate of drug-likeness (QED) is 0.538. The minimum absolute atomic E-state index is 0. The summed E-state index contributed by atoms with van der Waals surface area (Å²) >= 11 is 0. The number of aliphatic hydroxyl groups is 2. The zero-order valence-electron chi connectivity index (χ0n) is 4.19. The number of hydrogen-bond donors (Lipinski definition) is 2. The van der Waals surface area contributed by atoms with E-state index in [0.29, 0.717) is 6.42 Å². The smallest absolute Gasteiger partial charge is 0.0533 e. The molecule has 0 aliphatic rings. The van der Waals surface area contributed by atoms with Crippen LogP contribution in [0.3, 0.4) is 0 Å². The Bertz CT molecular complexity index is 30.9. The molecule has 1 unspecified atom stereocenters. The van der Waals surface area contributed by atoms with Gasteiger partial charge < -0.3 is 10.2 Å². The summed E-state index contributed by atoms with van der Waals surface area (Å²) in [7, 11) is 0. The van der Waals surface area contributed by atoms with E-state index in [1.54, 1.807) is 6.92 Å². The second-order valence-electron chi connectivity index (χ2n) is 1.36. The van der Waals surface area contributed by atoms with Gasteiger partial charge in [0.25, 0.3) is 0 Å². The minimum atomic E-state index is -0.352. The van der Waals surface area contributed by atoms with Crippen LogP contribution in [-0.2, 0) is 17.1 Å². The molecule has 0 saturated carbocycles. The Morgan fingerprint density at radius 1 is 1.57 bits per heavy atom. The van der Waals surface area contributed by atoms with Gasteiger partial charge in [0.2, 0.25) is 0 Å². The van der Waals surface area contributed by atoms with Crippen LogP contribution >= 0.6 is 0 Å². The van der Waals surface area contributed by atoms with Crippen LogP contribution in [-0.4, -0.2) is 22.9 Å². The van der Waals surface area contributed by atoms with E-state index in [1.807, 2.05) is 0 Å². The summed E-state index contributed by atoms with van der Waals surface area (Å²) in [5.74, 6) is 0. The fourth-order valence-electron chi connectivity index (χ4n) is 0.187. The fraction of sp³-hybridized carbons (Fsp3) is 1.00. The van der Waals surface area contributed by atoms with E-state index in [1.165, 1.54) is 0 Å². The van der Waals surface area contributed by atoms with Crippen molar-refractivity contribution >= 4 is 0 Å². The predicted molar refractivity (Wildman–Crippen MR) is 23.4 cm³/mol. The van der Waals surface area contributed by atoms with Gasteiger partial charge in [-0.3, -0.25) is 0 Å². The molecule has 3 heteroatoms. The molecular weight excluding hydrogens is 144 g/mol. The summed E-state index contributed by atoms with van der Waals surface area (Å²) in [5, 5.41) is 16.5. The molecular formula is C4H10CuO2. The van der Waals surface area contributed by atoms with Crippen molar-refractivity contribution in [2.75, 3.05) is 6.61 Å². The monoisotopic (exact) mass is 153 g/mol.